The zero-order chi connectivity index (χ0) is 35.1. The molecule has 6 aromatic carbocycles. The van der Waals surface area contributed by atoms with E-state index in [1.165, 1.54) is 0 Å². The molecule has 0 spiro atoms. The normalized spacial score (nSPS) is 13.7. The standard InChI is InChI=1S/C45H40N2O4/c48-41(32-51-45(37-25-13-4-14-26-37,38-27-15-5-16-28-38)39-29-17-6-18-30-39)43(50)42(49)40-31-47(33-46-40)44(34-19-7-1-8-20-34,35-21-9-2-10-22-35)36-23-11-3-12-24-36/h1-31,33,41-43,48-50H,32H2/t41-,42+,43+/m0/s1. The van der Waals surface area contributed by atoms with Gasteiger partial charge < -0.3 is 24.6 Å². The number of hydrogen-bond acceptors (Lipinski definition) is 5. The minimum atomic E-state index is -1.60. The van der Waals surface area contributed by atoms with Crippen LogP contribution >= 0.6 is 0 Å². The lowest BCUT2D eigenvalue weighted by molar-refractivity contribution is -0.112. The molecule has 1 aromatic heterocycles. The van der Waals surface area contributed by atoms with Crippen LogP contribution in [0.5, 0.6) is 0 Å². The molecule has 0 radical (unpaired) electrons. The quantitative estimate of drug-likeness (QED) is 0.111. The molecule has 0 aliphatic rings. The van der Waals surface area contributed by atoms with E-state index in [4.69, 9.17) is 4.74 Å². The number of hydrogen-bond donors (Lipinski definition) is 3. The van der Waals surface area contributed by atoms with Crippen molar-refractivity contribution in [2.75, 3.05) is 6.61 Å². The van der Waals surface area contributed by atoms with Crippen LogP contribution in [0.15, 0.2) is 195 Å². The second-order valence-corrected chi connectivity index (χ2v) is 12.6. The maximum atomic E-state index is 11.6. The molecule has 0 bridgehead atoms. The Kier molecular flexibility index (Phi) is 10.0. The Bertz CT molecular complexity index is 1900. The van der Waals surface area contributed by atoms with Crippen molar-refractivity contribution in [2.24, 2.45) is 0 Å². The Hall–Kier alpha value is -5.63. The smallest absolute Gasteiger partial charge is 0.143 e. The molecule has 3 N–H and O–H groups in total. The number of aliphatic hydroxyl groups excluding tert-OH is 3. The van der Waals surface area contributed by atoms with Gasteiger partial charge in [-0.1, -0.05) is 182 Å². The Balaban J connectivity index is 1.23. The summed E-state index contributed by atoms with van der Waals surface area (Å²) >= 11 is 0. The SMILES string of the molecule is O[C@@H]([C@H](O)c1cn(C(c2ccccc2)(c2ccccc2)c2ccccc2)cn1)[C@@H](O)COC(c1ccccc1)(c1ccccc1)c1ccccc1. The van der Waals surface area contributed by atoms with Crippen LogP contribution in [0.1, 0.15) is 45.2 Å². The van der Waals surface area contributed by atoms with Crippen molar-refractivity contribution < 1.29 is 20.1 Å². The first kappa shape index (κ1) is 33.8. The van der Waals surface area contributed by atoms with Gasteiger partial charge in [-0.25, -0.2) is 4.98 Å². The molecule has 51 heavy (non-hydrogen) atoms. The monoisotopic (exact) mass is 672 g/mol. The first-order valence-electron chi connectivity index (χ1n) is 17.1. The second-order valence-electron chi connectivity index (χ2n) is 12.6. The average Bonchev–Trinajstić information content (AvgIpc) is 3.71. The van der Waals surface area contributed by atoms with E-state index in [-0.39, 0.29) is 12.3 Å². The molecule has 7 rings (SSSR count). The van der Waals surface area contributed by atoms with Crippen molar-refractivity contribution in [3.8, 4) is 0 Å². The molecule has 0 unspecified atom stereocenters. The average molecular weight is 673 g/mol. The van der Waals surface area contributed by atoms with Gasteiger partial charge in [0.1, 0.15) is 29.5 Å². The van der Waals surface area contributed by atoms with Gasteiger partial charge in [-0.05, 0) is 33.4 Å². The van der Waals surface area contributed by atoms with Crippen LogP contribution < -0.4 is 0 Å². The molecular weight excluding hydrogens is 633 g/mol. The maximum absolute atomic E-state index is 11.6. The Morgan fingerprint density at radius 2 is 0.824 bits per heavy atom. The third kappa shape index (κ3) is 6.42. The number of aromatic nitrogens is 2. The van der Waals surface area contributed by atoms with Crippen molar-refractivity contribution in [3.05, 3.63) is 234 Å². The van der Waals surface area contributed by atoms with Gasteiger partial charge in [0.2, 0.25) is 0 Å². The van der Waals surface area contributed by atoms with Crippen LogP contribution in [0, 0.1) is 0 Å². The molecule has 0 saturated heterocycles. The lowest BCUT2D eigenvalue weighted by Gasteiger charge is -2.37. The molecule has 0 saturated carbocycles. The number of imidazole rings is 1. The molecule has 7 aromatic rings. The fourth-order valence-corrected chi connectivity index (χ4v) is 7.12. The molecule has 0 aliphatic carbocycles. The van der Waals surface area contributed by atoms with Crippen molar-refractivity contribution in [2.45, 2.75) is 29.5 Å². The Labute approximate surface area is 298 Å². The van der Waals surface area contributed by atoms with Gasteiger partial charge >= 0.3 is 0 Å². The predicted molar refractivity (Wildman–Crippen MR) is 199 cm³/mol. The van der Waals surface area contributed by atoms with Gasteiger partial charge in [0, 0.05) is 6.20 Å². The van der Waals surface area contributed by atoms with Crippen molar-refractivity contribution in [1.82, 2.24) is 9.55 Å². The van der Waals surface area contributed by atoms with E-state index >= 15 is 0 Å². The molecule has 0 amide bonds. The van der Waals surface area contributed by atoms with Crippen molar-refractivity contribution >= 4 is 0 Å². The molecule has 6 heteroatoms. The summed E-state index contributed by atoms with van der Waals surface area (Å²) in [5.41, 5.74) is 3.85. The summed E-state index contributed by atoms with van der Waals surface area (Å²) in [6.45, 7) is -0.278. The number of ether oxygens (including phenoxy) is 1. The van der Waals surface area contributed by atoms with Gasteiger partial charge in [-0.3, -0.25) is 0 Å². The third-order valence-electron chi connectivity index (χ3n) is 9.60. The zero-order valence-corrected chi connectivity index (χ0v) is 28.1. The molecule has 0 aliphatic heterocycles. The number of rotatable bonds is 13. The largest absolute Gasteiger partial charge is 0.388 e. The number of nitrogens with zero attached hydrogens (tertiary/aromatic N) is 2. The number of aliphatic hydroxyl groups is 3. The highest BCUT2D eigenvalue weighted by Crippen LogP contribution is 2.42. The van der Waals surface area contributed by atoms with Gasteiger partial charge in [0.25, 0.3) is 0 Å². The highest BCUT2D eigenvalue weighted by molar-refractivity contribution is 5.51. The van der Waals surface area contributed by atoms with Gasteiger partial charge in [-0.15, -0.1) is 0 Å². The van der Waals surface area contributed by atoms with Crippen LogP contribution in [0.4, 0.5) is 0 Å². The third-order valence-corrected chi connectivity index (χ3v) is 9.60. The van der Waals surface area contributed by atoms with E-state index in [0.717, 1.165) is 33.4 Å². The lowest BCUT2D eigenvalue weighted by Crippen LogP contribution is -2.41. The van der Waals surface area contributed by atoms with Crippen LogP contribution in [0.2, 0.25) is 0 Å². The summed E-state index contributed by atoms with van der Waals surface area (Å²) in [6.07, 6.45) is -1.15. The van der Waals surface area contributed by atoms with Gasteiger partial charge in [0.15, 0.2) is 0 Å². The first-order chi connectivity index (χ1) is 25.0. The van der Waals surface area contributed by atoms with Crippen LogP contribution in [0.25, 0.3) is 0 Å². The van der Waals surface area contributed by atoms with Gasteiger partial charge in [-0.2, -0.15) is 0 Å². The summed E-state index contributed by atoms with van der Waals surface area (Å²) in [7, 11) is 0. The van der Waals surface area contributed by atoms with E-state index in [2.05, 4.69) is 41.4 Å². The highest BCUT2D eigenvalue weighted by Gasteiger charge is 2.41. The Morgan fingerprint density at radius 1 is 0.490 bits per heavy atom. The van der Waals surface area contributed by atoms with E-state index in [1.54, 1.807) is 12.5 Å². The summed E-state index contributed by atoms with van der Waals surface area (Å²) in [5.74, 6) is 0. The maximum Gasteiger partial charge on any atom is 0.143 e. The van der Waals surface area contributed by atoms with Crippen molar-refractivity contribution in [3.63, 3.8) is 0 Å². The zero-order valence-electron chi connectivity index (χ0n) is 28.1. The summed E-state index contributed by atoms with van der Waals surface area (Å²) in [4.78, 5) is 4.61. The van der Waals surface area contributed by atoms with E-state index < -0.39 is 29.5 Å². The summed E-state index contributed by atoms with van der Waals surface area (Å²) in [5, 5.41) is 34.6. The predicted octanol–water partition coefficient (Wildman–Crippen LogP) is 7.49. The number of benzene rings is 6. The molecule has 6 nitrogen and oxygen atoms in total. The lowest BCUT2D eigenvalue weighted by atomic mass is 9.77. The molecular formula is C45H40N2O4. The first-order valence-corrected chi connectivity index (χ1v) is 17.1. The van der Waals surface area contributed by atoms with E-state index in [0.29, 0.717) is 0 Å². The molecule has 254 valence electrons. The summed E-state index contributed by atoms with van der Waals surface area (Å²) in [6, 6.07) is 59.9. The van der Waals surface area contributed by atoms with E-state index in [1.807, 2.05) is 150 Å². The Morgan fingerprint density at radius 3 is 1.18 bits per heavy atom. The fraction of sp³-hybridized carbons (Fsp3) is 0.133. The van der Waals surface area contributed by atoms with Crippen LogP contribution in [-0.4, -0.2) is 43.7 Å². The minimum absolute atomic E-state index is 0.217. The molecule has 0 fully saturated rings. The molecule has 1 heterocycles. The van der Waals surface area contributed by atoms with Crippen LogP contribution in [-0.2, 0) is 15.9 Å². The van der Waals surface area contributed by atoms with E-state index in [9.17, 15) is 15.3 Å². The van der Waals surface area contributed by atoms with Crippen molar-refractivity contribution in [1.29, 1.82) is 0 Å². The second kappa shape index (κ2) is 15.1. The van der Waals surface area contributed by atoms with Crippen LogP contribution in [0.3, 0.4) is 0 Å². The fourth-order valence-electron chi connectivity index (χ4n) is 7.12. The molecule has 3 atom stereocenters. The van der Waals surface area contributed by atoms with Gasteiger partial charge in [0.05, 0.1) is 18.6 Å². The minimum Gasteiger partial charge on any atom is -0.388 e. The topological polar surface area (TPSA) is 87.7 Å². The highest BCUT2D eigenvalue weighted by atomic mass is 16.5. The summed E-state index contributed by atoms with van der Waals surface area (Å²) < 4.78 is 8.71.